The predicted octanol–water partition coefficient (Wildman–Crippen LogP) is 4.90. The van der Waals surface area contributed by atoms with Gasteiger partial charge < -0.3 is 9.05 Å². The third-order valence-corrected chi connectivity index (χ3v) is 4.14. The van der Waals surface area contributed by atoms with Crippen LogP contribution in [-0.4, -0.2) is 10.3 Å². The van der Waals surface area contributed by atoms with Crippen molar-refractivity contribution >= 4 is 0 Å². The Labute approximate surface area is 133 Å². The van der Waals surface area contributed by atoms with Gasteiger partial charge in [0, 0.05) is 25.0 Å². The van der Waals surface area contributed by atoms with Gasteiger partial charge in [-0.05, 0) is 37.5 Å². The minimum Gasteiger partial charge on any atom is -0.361 e. The first kappa shape index (κ1) is 16.8. The third kappa shape index (κ3) is 5.00. The van der Waals surface area contributed by atoms with E-state index in [2.05, 4.69) is 38.0 Å². The Morgan fingerprint density at radius 2 is 1.14 bits per heavy atom. The van der Waals surface area contributed by atoms with Crippen LogP contribution in [0.3, 0.4) is 0 Å². The standard InChI is InChI=1S/C18H28N2O2/c1-13-9-15(21-19-13)11-17(3,4)7-8-18(5,6)12-16-10-14(2)20-22-16/h9-10H,7-8,11-12H2,1-6H3. The van der Waals surface area contributed by atoms with E-state index in [1.54, 1.807) is 0 Å². The summed E-state index contributed by atoms with van der Waals surface area (Å²) >= 11 is 0. The molecule has 0 aliphatic carbocycles. The van der Waals surface area contributed by atoms with Gasteiger partial charge in [-0.25, -0.2) is 0 Å². The number of nitrogens with zero attached hydrogens (tertiary/aromatic N) is 2. The highest BCUT2D eigenvalue weighted by Gasteiger charge is 2.27. The van der Waals surface area contributed by atoms with Gasteiger partial charge in [-0.2, -0.15) is 0 Å². The largest absolute Gasteiger partial charge is 0.361 e. The molecule has 0 aromatic carbocycles. The van der Waals surface area contributed by atoms with Crippen LogP contribution in [-0.2, 0) is 12.8 Å². The topological polar surface area (TPSA) is 52.1 Å². The van der Waals surface area contributed by atoms with Gasteiger partial charge in [0.15, 0.2) is 0 Å². The minimum atomic E-state index is 0.195. The first-order valence-electron chi connectivity index (χ1n) is 8.00. The van der Waals surface area contributed by atoms with Crippen LogP contribution in [0.5, 0.6) is 0 Å². The van der Waals surface area contributed by atoms with E-state index in [-0.39, 0.29) is 10.8 Å². The molecule has 4 nitrogen and oxygen atoms in total. The maximum absolute atomic E-state index is 5.36. The monoisotopic (exact) mass is 304 g/mol. The summed E-state index contributed by atoms with van der Waals surface area (Å²) in [5, 5.41) is 7.95. The molecule has 0 N–H and O–H groups in total. The third-order valence-electron chi connectivity index (χ3n) is 4.14. The fraction of sp³-hybridized carbons (Fsp3) is 0.667. The Balaban J connectivity index is 1.89. The summed E-state index contributed by atoms with van der Waals surface area (Å²) in [4.78, 5) is 0. The van der Waals surface area contributed by atoms with Crippen molar-refractivity contribution in [3.8, 4) is 0 Å². The summed E-state index contributed by atoms with van der Waals surface area (Å²) < 4.78 is 10.7. The van der Waals surface area contributed by atoms with Crippen LogP contribution in [0.2, 0.25) is 0 Å². The molecule has 2 aromatic rings. The fourth-order valence-electron chi connectivity index (χ4n) is 2.80. The van der Waals surface area contributed by atoms with Crippen molar-refractivity contribution in [3.05, 3.63) is 35.0 Å². The van der Waals surface area contributed by atoms with Crippen LogP contribution in [0.25, 0.3) is 0 Å². The lowest BCUT2D eigenvalue weighted by Gasteiger charge is -2.30. The Kier molecular flexibility index (Phi) is 4.78. The number of hydrogen-bond acceptors (Lipinski definition) is 4. The summed E-state index contributed by atoms with van der Waals surface area (Å²) in [6.07, 6.45) is 4.11. The average molecular weight is 304 g/mol. The van der Waals surface area contributed by atoms with Crippen LogP contribution in [0.1, 0.15) is 63.4 Å². The van der Waals surface area contributed by atoms with E-state index < -0.39 is 0 Å². The zero-order valence-electron chi connectivity index (χ0n) is 14.7. The molecule has 0 unspecified atom stereocenters. The minimum absolute atomic E-state index is 0.195. The Bertz CT molecular complexity index is 554. The van der Waals surface area contributed by atoms with Crippen molar-refractivity contribution in [2.24, 2.45) is 10.8 Å². The van der Waals surface area contributed by atoms with E-state index in [0.29, 0.717) is 0 Å². The molecular formula is C18H28N2O2. The Morgan fingerprint density at radius 3 is 1.41 bits per heavy atom. The lowest BCUT2D eigenvalue weighted by molar-refractivity contribution is 0.210. The van der Waals surface area contributed by atoms with Crippen LogP contribution < -0.4 is 0 Å². The van der Waals surface area contributed by atoms with Crippen LogP contribution in [0.15, 0.2) is 21.2 Å². The molecule has 0 radical (unpaired) electrons. The smallest absolute Gasteiger partial charge is 0.137 e. The molecular weight excluding hydrogens is 276 g/mol. The van der Waals surface area contributed by atoms with Crippen molar-refractivity contribution in [2.45, 2.75) is 67.2 Å². The van der Waals surface area contributed by atoms with E-state index in [4.69, 9.17) is 9.05 Å². The van der Waals surface area contributed by atoms with E-state index in [9.17, 15) is 0 Å². The molecule has 4 heteroatoms. The van der Waals surface area contributed by atoms with E-state index in [1.165, 1.54) is 0 Å². The van der Waals surface area contributed by atoms with Crippen LogP contribution in [0.4, 0.5) is 0 Å². The highest BCUT2D eigenvalue weighted by molar-refractivity contribution is 5.06. The highest BCUT2D eigenvalue weighted by atomic mass is 16.5. The van der Waals surface area contributed by atoms with Crippen molar-refractivity contribution in [1.29, 1.82) is 0 Å². The Morgan fingerprint density at radius 1 is 0.773 bits per heavy atom. The second kappa shape index (κ2) is 6.27. The molecule has 0 aliphatic rings. The van der Waals surface area contributed by atoms with Gasteiger partial charge in [0.2, 0.25) is 0 Å². The van der Waals surface area contributed by atoms with Gasteiger partial charge in [0.25, 0.3) is 0 Å². The second-order valence-electron chi connectivity index (χ2n) is 8.05. The SMILES string of the molecule is Cc1cc(CC(C)(C)CCC(C)(C)Cc2cc(C)no2)on1. The van der Waals surface area contributed by atoms with Gasteiger partial charge in [-0.15, -0.1) is 0 Å². The van der Waals surface area contributed by atoms with Crippen LogP contribution >= 0.6 is 0 Å². The molecule has 0 amide bonds. The number of aromatic nitrogens is 2. The maximum Gasteiger partial charge on any atom is 0.137 e. The van der Waals surface area contributed by atoms with Gasteiger partial charge in [-0.3, -0.25) is 0 Å². The summed E-state index contributed by atoms with van der Waals surface area (Å²) in [5.41, 5.74) is 2.29. The molecule has 22 heavy (non-hydrogen) atoms. The molecule has 0 spiro atoms. The molecule has 0 bridgehead atoms. The van der Waals surface area contributed by atoms with Gasteiger partial charge in [-0.1, -0.05) is 38.0 Å². The van der Waals surface area contributed by atoms with E-state index in [0.717, 1.165) is 48.6 Å². The van der Waals surface area contributed by atoms with Crippen LogP contribution in [0, 0.1) is 24.7 Å². The predicted molar refractivity (Wildman–Crippen MR) is 86.7 cm³/mol. The molecule has 0 saturated carbocycles. The molecule has 2 aromatic heterocycles. The fourth-order valence-corrected chi connectivity index (χ4v) is 2.80. The summed E-state index contributed by atoms with van der Waals surface area (Å²) in [6.45, 7) is 13.1. The molecule has 0 aliphatic heterocycles. The number of rotatable bonds is 7. The molecule has 0 fully saturated rings. The first-order valence-corrected chi connectivity index (χ1v) is 8.00. The molecule has 0 atom stereocenters. The maximum atomic E-state index is 5.36. The molecule has 2 rings (SSSR count). The number of aryl methyl sites for hydroxylation is 2. The summed E-state index contributed by atoms with van der Waals surface area (Å²) in [6, 6.07) is 4.06. The van der Waals surface area contributed by atoms with E-state index in [1.807, 2.05) is 26.0 Å². The molecule has 2 heterocycles. The van der Waals surface area contributed by atoms with Gasteiger partial charge >= 0.3 is 0 Å². The zero-order chi connectivity index (χ0) is 16.4. The number of hydrogen-bond donors (Lipinski definition) is 0. The Hall–Kier alpha value is -1.58. The summed E-state index contributed by atoms with van der Waals surface area (Å²) in [7, 11) is 0. The van der Waals surface area contributed by atoms with Crippen molar-refractivity contribution < 1.29 is 9.05 Å². The summed E-state index contributed by atoms with van der Waals surface area (Å²) in [5.74, 6) is 1.96. The van der Waals surface area contributed by atoms with Crippen molar-refractivity contribution in [3.63, 3.8) is 0 Å². The van der Waals surface area contributed by atoms with Crippen molar-refractivity contribution in [2.75, 3.05) is 0 Å². The first-order chi connectivity index (χ1) is 10.2. The molecule has 122 valence electrons. The lowest BCUT2D eigenvalue weighted by atomic mass is 9.75. The van der Waals surface area contributed by atoms with Gasteiger partial charge in [0.05, 0.1) is 11.4 Å². The average Bonchev–Trinajstić information content (AvgIpc) is 2.96. The van der Waals surface area contributed by atoms with Crippen molar-refractivity contribution in [1.82, 2.24) is 10.3 Å². The zero-order valence-corrected chi connectivity index (χ0v) is 14.7. The van der Waals surface area contributed by atoms with E-state index >= 15 is 0 Å². The normalized spacial score (nSPS) is 12.8. The second-order valence-corrected chi connectivity index (χ2v) is 8.05. The molecule has 0 saturated heterocycles. The lowest BCUT2D eigenvalue weighted by Crippen LogP contribution is -2.21. The van der Waals surface area contributed by atoms with Gasteiger partial charge in [0.1, 0.15) is 11.5 Å². The highest BCUT2D eigenvalue weighted by Crippen LogP contribution is 2.35. The quantitative estimate of drug-likeness (QED) is 0.730.